The van der Waals surface area contributed by atoms with Gasteiger partial charge in [0.05, 0.1) is 39.9 Å². The number of allylic oxidation sites excluding steroid dienone is 2. The number of aliphatic hydroxyl groups excluding tert-OH is 1. The van der Waals surface area contributed by atoms with Crippen LogP contribution >= 0.6 is 7.82 Å². The summed E-state index contributed by atoms with van der Waals surface area (Å²) in [6, 6.07) is -0.792. The van der Waals surface area contributed by atoms with E-state index >= 15 is 0 Å². The van der Waals surface area contributed by atoms with Gasteiger partial charge in [-0.3, -0.25) is 9.36 Å². The molecule has 0 rings (SSSR count). The average Bonchev–Trinajstić information content (AvgIpc) is 3.04. The van der Waals surface area contributed by atoms with Gasteiger partial charge in [-0.1, -0.05) is 154 Å². The van der Waals surface area contributed by atoms with Gasteiger partial charge in [-0.25, -0.2) is 0 Å². The predicted molar refractivity (Wildman–Crippen MR) is 205 cm³/mol. The maximum atomic E-state index is 12.7. The minimum Gasteiger partial charge on any atom is -0.756 e. The van der Waals surface area contributed by atoms with Crippen LogP contribution in [0.3, 0.4) is 0 Å². The minimum absolute atomic E-state index is 0.0123. The van der Waals surface area contributed by atoms with Crippen LogP contribution in [0.5, 0.6) is 0 Å². The normalized spacial score (nSPS) is 14.7. The molecule has 0 aliphatic heterocycles. The fourth-order valence-corrected chi connectivity index (χ4v) is 6.64. The molecule has 0 spiro atoms. The topological polar surface area (TPSA) is 108 Å². The summed E-state index contributed by atoms with van der Waals surface area (Å²) < 4.78 is 23.0. The van der Waals surface area contributed by atoms with Gasteiger partial charge in [-0.05, 0) is 38.5 Å². The molecular formula is C40H81N2O6P. The third kappa shape index (κ3) is 35.4. The van der Waals surface area contributed by atoms with Crippen LogP contribution in [0.1, 0.15) is 187 Å². The summed E-state index contributed by atoms with van der Waals surface area (Å²) in [4.78, 5) is 25.0. The molecule has 0 aliphatic rings. The molecule has 3 atom stereocenters. The van der Waals surface area contributed by atoms with Gasteiger partial charge in [0.1, 0.15) is 13.2 Å². The molecule has 49 heavy (non-hydrogen) atoms. The molecule has 8 nitrogen and oxygen atoms in total. The SMILES string of the molecule is CCCCCCCCCC/C=C\CCCCCCCCCCCCCC(=O)NC(COP(=O)([O-])OCC[N+](C)(C)C)C(O)CCCCCC. The number of nitrogens with one attached hydrogen (secondary N) is 1. The molecule has 292 valence electrons. The number of unbranched alkanes of at least 4 members (excludes halogenated alkanes) is 22. The quantitative estimate of drug-likeness (QED) is 0.0287. The number of hydrogen-bond donors (Lipinski definition) is 2. The van der Waals surface area contributed by atoms with Crippen molar-refractivity contribution >= 4 is 13.7 Å². The Bertz CT molecular complexity index is 819. The Hall–Kier alpha value is -0.760. The smallest absolute Gasteiger partial charge is 0.268 e. The lowest BCUT2D eigenvalue weighted by Crippen LogP contribution is -2.46. The third-order valence-electron chi connectivity index (χ3n) is 9.25. The maximum Gasteiger partial charge on any atom is 0.268 e. The molecule has 9 heteroatoms. The fourth-order valence-electron chi connectivity index (χ4n) is 5.92. The van der Waals surface area contributed by atoms with Crippen LogP contribution in [0.2, 0.25) is 0 Å². The highest BCUT2D eigenvalue weighted by molar-refractivity contribution is 7.45. The monoisotopic (exact) mass is 717 g/mol. The number of carbonyl (C=O) groups is 1. The lowest BCUT2D eigenvalue weighted by molar-refractivity contribution is -0.870. The summed E-state index contributed by atoms with van der Waals surface area (Å²) in [5.41, 5.74) is 0. The molecule has 3 unspecified atom stereocenters. The van der Waals surface area contributed by atoms with Crippen LogP contribution in [0, 0.1) is 0 Å². The zero-order valence-electron chi connectivity index (χ0n) is 32.9. The first-order chi connectivity index (χ1) is 23.5. The highest BCUT2D eigenvalue weighted by atomic mass is 31.2. The molecule has 0 saturated heterocycles. The van der Waals surface area contributed by atoms with Crippen LogP contribution in [0.15, 0.2) is 12.2 Å². The third-order valence-corrected chi connectivity index (χ3v) is 10.2. The summed E-state index contributed by atoms with van der Waals surface area (Å²) in [6.07, 6.45) is 35.7. The van der Waals surface area contributed by atoms with E-state index in [0.29, 0.717) is 23.9 Å². The number of quaternary nitrogens is 1. The second-order valence-corrected chi connectivity index (χ2v) is 16.8. The zero-order chi connectivity index (χ0) is 36.5. The van der Waals surface area contributed by atoms with Crippen molar-refractivity contribution in [3.63, 3.8) is 0 Å². The second-order valence-electron chi connectivity index (χ2n) is 15.3. The van der Waals surface area contributed by atoms with E-state index in [2.05, 4.69) is 31.3 Å². The molecule has 2 N–H and O–H groups in total. The molecule has 0 heterocycles. The lowest BCUT2D eigenvalue weighted by atomic mass is 10.0. The van der Waals surface area contributed by atoms with E-state index in [0.717, 1.165) is 44.9 Å². The van der Waals surface area contributed by atoms with Crippen molar-refractivity contribution in [2.24, 2.45) is 0 Å². The van der Waals surface area contributed by atoms with E-state index < -0.39 is 20.0 Å². The van der Waals surface area contributed by atoms with E-state index in [1.165, 1.54) is 116 Å². The van der Waals surface area contributed by atoms with Crippen LogP contribution in [0.4, 0.5) is 0 Å². The number of phosphoric acid groups is 1. The highest BCUT2D eigenvalue weighted by Crippen LogP contribution is 2.38. The van der Waals surface area contributed by atoms with Gasteiger partial charge in [0.2, 0.25) is 5.91 Å². The molecule has 0 aromatic heterocycles. The molecule has 0 radical (unpaired) electrons. The highest BCUT2D eigenvalue weighted by Gasteiger charge is 2.24. The van der Waals surface area contributed by atoms with Crippen LogP contribution in [-0.2, 0) is 18.4 Å². The zero-order valence-corrected chi connectivity index (χ0v) is 33.8. The first-order valence-electron chi connectivity index (χ1n) is 20.5. The Balaban J connectivity index is 3.98. The van der Waals surface area contributed by atoms with Gasteiger partial charge in [0, 0.05) is 6.42 Å². The Morgan fingerprint density at radius 2 is 1.12 bits per heavy atom. The molecule has 1 amide bonds. The molecular weight excluding hydrogens is 635 g/mol. The molecule has 0 bridgehead atoms. The van der Waals surface area contributed by atoms with E-state index in [4.69, 9.17) is 9.05 Å². The van der Waals surface area contributed by atoms with E-state index in [1.807, 2.05) is 21.1 Å². The van der Waals surface area contributed by atoms with E-state index in [1.54, 1.807) is 0 Å². The average molecular weight is 717 g/mol. The van der Waals surface area contributed by atoms with E-state index in [9.17, 15) is 19.4 Å². The van der Waals surface area contributed by atoms with Gasteiger partial charge in [-0.15, -0.1) is 0 Å². The summed E-state index contributed by atoms with van der Waals surface area (Å²) in [7, 11) is 1.30. The van der Waals surface area contributed by atoms with Crippen molar-refractivity contribution < 1.29 is 32.9 Å². The molecule has 0 aromatic carbocycles. The number of carbonyl (C=O) groups excluding carboxylic acids is 1. The molecule has 0 saturated carbocycles. The first-order valence-corrected chi connectivity index (χ1v) is 22.0. The van der Waals surface area contributed by atoms with Crippen molar-refractivity contribution in [2.75, 3.05) is 40.9 Å². The first kappa shape index (κ1) is 48.2. The van der Waals surface area contributed by atoms with Gasteiger partial charge < -0.3 is 28.8 Å². The van der Waals surface area contributed by atoms with Crippen LogP contribution < -0.4 is 10.2 Å². The van der Waals surface area contributed by atoms with Crippen molar-refractivity contribution in [2.45, 2.75) is 199 Å². The Morgan fingerprint density at radius 3 is 1.59 bits per heavy atom. The largest absolute Gasteiger partial charge is 0.756 e. The maximum absolute atomic E-state index is 12.7. The molecule has 0 fully saturated rings. The van der Waals surface area contributed by atoms with Crippen molar-refractivity contribution in [1.82, 2.24) is 5.32 Å². The number of amides is 1. The molecule has 0 aromatic rings. The number of rotatable bonds is 37. The fraction of sp³-hybridized carbons (Fsp3) is 0.925. The van der Waals surface area contributed by atoms with Gasteiger partial charge in [0.25, 0.3) is 7.82 Å². The lowest BCUT2D eigenvalue weighted by Gasteiger charge is -2.30. The summed E-state index contributed by atoms with van der Waals surface area (Å²) in [6.45, 7) is 4.59. The van der Waals surface area contributed by atoms with Crippen molar-refractivity contribution in [3.8, 4) is 0 Å². The number of aliphatic hydroxyl groups is 1. The second kappa shape index (κ2) is 33.1. The standard InChI is InChI=1S/C40H81N2O6P/c1-6-8-10-12-13-14-15-16-17-18-19-20-21-22-23-24-25-26-27-28-29-30-32-34-40(44)41-38(39(43)33-31-11-9-7-2)37-48-49(45,46)47-36-35-42(3,4)5/h18-19,38-39,43H,6-17,20-37H2,1-5H3,(H-,41,44,45,46)/b19-18-. The number of likely N-dealkylation sites (N-methyl/N-ethyl adjacent to an activating group) is 1. The Labute approximate surface area is 303 Å². The number of hydrogen-bond acceptors (Lipinski definition) is 6. The van der Waals surface area contributed by atoms with Crippen molar-refractivity contribution in [1.29, 1.82) is 0 Å². The van der Waals surface area contributed by atoms with Crippen LogP contribution in [-0.4, -0.2) is 68.5 Å². The van der Waals surface area contributed by atoms with Gasteiger partial charge in [0.15, 0.2) is 0 Å². The van der Waals surface area contributed by atoms with E-state index in [-0.39, 0.29) is 19.1 Å². The van der Waals surface area contributed by atoms with Gasteiger partial charge in [-0.2, -0.15) is 0 Å². The van der Waals surface area contributed by atoms with Crippen molar-refractivity contribution in [3.05, 3.63) is 12.2 Å². The number of phosphoric ester groups is 1. The molecule has 0 aliphatic carbocycles. The van der Waals surface area contributed by atoms with Gasteiger partial charge >= 0.3 is 0 Å². The Kier molecular flexibility index (Phi) is 32.6. The predicted octanol–water partition coefficient (Wildman–Crippen LogP) is 10.2. The number of nitrogens with zero attached hydrogens (tertiary/aromatic N) is 1. The minimum atomic E-state index is -4.54. The summed E-state index contributed by atoms with van der Waals surface area (Å²) >= 11 is 0. The summed E-state index contributed by atoms with van der Waals surface area (Å²) in [5, 5.41) is 13.6. The summed E-state index contributed by atoms with van der Waals surface area (Å²) in [5.74, 6) is -0.174. The Morgan fingerprint density at radius 1 is 0.694 bits per heavy atom. The van der Waals surface area contributed by atoms with Crippen LogP contribution in [0.25, 0.3) is 0 Å².